The molecule has 380 valence electrons. The highest BCUT2D eigenvalue weighted by Gasteiger charge is 2.39. The Kier molecular flexibility index (Phi) is 20.0. The van der Waals surface area contributed by atoms with Crippen molar-refractivity contribution in [2.75, 3.05) is 7.11 Å². The molecule has 11 heteroatoms. The van der Waals surface area contributed by atoms with E-state index < -0.39 is 76.6 Å². The summed E-state index contributed by atoms with van der Waals surface area (Å²) in [6.07, 6.45) is 4.79. The summed E-state index contributed by atoms with van der Waals surface area (Å²) in [6, 6.07) is 57.1. The summed E-state index contributed by atoms with van der Waals surface area (Å²) >= 11 is 0. The van der Waals surface area contributed by atoms with Crippen molar-refractivity contribution in [1.82, 2.24) is 21.3 Å². The maximum absolute atomic E-state index is 14.6. The van der Waals surface area contributed by atoms with E-state index in [1.807, 2.05) is 115 Å². The van der Waals surface area contributed by atoms with Gasteiger partial charge >= 0.3 is 5.97 Å². The molecule has 5 atom stereocenters. The van der Waals surface area contributed by atoms with Crippen LogP contribution in [0.2, 0.25) is 0 Å². The van der Waals surface area contributed by atoms with E-state index in [1.165, 1.54) is 37.6 Å². The zero-order chi connectivity index (χ0) is 52.2. The van der Waals surface area contributed by atoms with E-state index in [4.69, 9.17) is 4.74 Å². The second-order valence-electron chi connectivity index (χ2n) is 19.0. The lowest BCUT2D eigenvalue weighted by Gasteiger charge is -2.37. The lowest BCUT2D eigenvalue weighted by atomic mass is 9.66. The summed E-state index contributed by atoms with van der Waals surface area (Å²) in [6.45, 7) is 6.54. The van der Waals surface area contributed by atoms with Crippen LogP contribution in [-0.4, -0.2) is 72.1 Å². The van der Waals surface area contributed by atoms with E-state index in [2.05, 4.69) is 94.1 Å². The zero-order valence-corrected chi connectivity index (χ0v) is 42.6. The molecule has 6 rings (SSSR count). The second kappa shape index (κ2) is 26.7. The van der Waals surface area contributed by atoms with Crippen LogP contribution in [0.4, 0.5) is 0 Å². The second-order valence-corrected chi connectivity index (χ2v) is 19.0. The number of allylic oxidation sites excluding steroid dienone is 1. The quantitative estimate of drug-likeness (QED) is 0.0165. The number of ether oxygens (including phenoxy) is 1. The molecule has 6 aromatic rings. The number of nitrogens with one attached hydrogen (secondary N) is 4. The van der Waals surface area contributed by atoms with Crippen molar-refractivity contribution in [2.24, 2.45) is 5.92 Å². The monoisotopic (exact) mass is 983 g/mol. The lowest BCUT2D eigenvalue weighted by molar-refractivity contribution is -0.145. The van der Waals surface area contributed by atoms with Crippen molar-refractivity contribution in [2.45, 2.75) is 107 Å². The van der Waals surface area contributed by atoms with Gasteiger partial charge in [0, 0.05) is 10.8 Å². The van der Waals surface area contributed by atoms with E-state index in [0.29, 0.717) is 12.8 Å². The minimum atomic E-state index is -1.19. The highest BCUT2D eigenvalue weighted by molar-refractivity contribution is 5.95. The van der Waals surface area contributed by atoms with Gasteiger partial charge in [-0.3, -0.25) is 19.2 Å². The predicted molar refractivity (Wildman–Crippen MR) is 287 cm³/mol. The third-order valence-electron chi connectivity index (χ3n) is 13.6. The molecule has 0 spiro atoms. The van der Waals surface area contributed by atoms with E-state index in [1.54, 1.807) is 19.9 Å². The molecule has 0 saturated heterocycles. The summed E-state index contributed by atoms with van der Waals surface area (Å²) in [5.41, 5.74) is 5.30. The number of benzene rings is 6. The fraction of sp³-hybridized carbons (Fsp3) is 0.306. The maximum atomic E-state index is 14.6. The van der Waals surface area contributed by atoms with Gasteiger partial charge in [-0.2, -0.15) is 0 Å². The van der Waals surface area contributed by atoms with Crippen molar-refractivity contribution in [3.05, 3.63) is 228 Å². The molecule has 0 aliphatic heterocycles. The van der Waals surface area contributed by atoms with Crippen molar-refractivity contribution in [3.8, 4) is 0 Å². The molecule has 0 aliphatic carbocycles. The minimum Gasteiger partial charge on any atom is -0.467 e. The van der Waals surface area contributed by atoms with E-state index in [0.717, 1.165) is 29.5 Å². The Bertz CT molecular complexity index is 2510. The first kappa shape index (κ1) is 54.7. The predicted octanol–water partition coefficient (Wildman–Crippen LogP) is 9.12. The van der Waals surface area contributed by atoms with Gasteiger partial charge < -0.3 is 31.1 Å². The van der Waals surface area contributed by atoms with E-state index in [9.17, 15) is 29.1 Å². The molecule has 0 aliphatic rings. The van der Waals surface area contributed by atoms with Crippen molar-refractivity contribution in [3.63, 3.8) is 0 Å². The van der Waals surface area contributed by atoms with Crippen LogP contribution in [0.3, 0.4) is 0 Å². The summed E-state index contributed by atoms with van der Waals surface area (Å²) in [7, 11) is 1.22. The SMILES string of the molecule is COC(=O)[C@@H](C)NC(=O)[C@H](NC(=O)[C@@H](CCC(c1ccccc1)(c1ccccc1)c1ccccc1)NC(=O)[C@@H](C)NC(=O)C[C@H](O)C=CCCCC(c1ccccc1)(c1ccccc1)c1ccccc1)C(C)C. The minimum absolute atomic E-state index is 0.106. The lowest BCUT2D eigenvalue weighted by Crippen LogP contribution is -2.58. The Morgan fingerprint density at radius 1 is 0.507 bits per heavy atom. The van der Waals surface area contributed by atoms with Gasteiger partial charge in [0.25, 0.3) is 0 Å². The molecule has 0 heterocycles. The van der Waals surface area contributed by atoms with Crippen LogP contribution in [0.5, 0.6) is 0 Å². The molecule has 0 saturated carbocycles. The van der Waals surface area contributed by atoms with Crippen LogP contribution in [0, 0.1) is 5.92 Å². The fourth-order valence-corrected chi connectivity index (χ4v) is 9.82. The van der Waals surface area contributed by atoms with E-state index in [-0.39, 0.29) is 12.8 Å². The van der Waals surface area contributed by atoms with E-state index >= 15 is 0 Å². The molecule has 6 aromatic carbocycles. The third-order valence-corrected chi connectivity index (χ3v) is 13.6. The molecule has 73 heavy (non-hydrogen) atoms. The van der Waals surface area contributed by atoms with Crippen LogP contribution < -0.4 is 21.3 Å². The van der Waals surface area contributed by atoms with Crippen LogP contribution >= 0.6 is 0 Å². The molecular formula is C62H70N4O7. The molecule has 0 aromatic heterocycles. The highest BCUT2D eigenvalue weighted by Crippen LogP contribution is 2.45. The van der Waals surface area contributed by atoms with Gasteiger partial charge in [-0.1, -0.05) is 208 Å². The number of unbranched alkanes of at least 4 members (excludes halogenated alkanes) is 1. The van der Waals surface area contributed by atoms with Gasteiger partial charge in [-0.05, 0) is 85.3 Å². The van der Waals surface area contributed by atoms with Crippen molar-refractivity contribution in [1.29, 1.82) is 0 Å². The number of hydrogen-bond donors (Lipinski definition) is 5. The molecule has 0 radical (unpaired) electrons. The van der Waals surface area contributed by atoms with Crippen molar-refractivity contribution >= 4 is 29.6 Å². The van der Waals surface area contributed by atoms with Crippen LogP contribution in [0.15, 0.2) is 194 Å². The molecule has 0 fully saturated rings. The Morgan fingerprint density at radius 3 is 1.29 bits per heavy atom. The van der Waals surface area contributed by atoms with Crippen LogP contribution in [-0.2, 0) is 39.5 Å². The van der Waals surface area contributed by atoms with Crippen LogP contribution in [0.25, 0.3) is 0 Å². The van der Waals surface area contributed by atoms with Crippen LogP contribution in [0.1, 0.15) is 99.6 Å². The first-order valence-corrected chi connectivity index (χ1v) is 25.3. The van der Waals surface area contributed by atoms with Gasteiger partial charge in [0.05, 0.1) is 19.6 Å². The normalized spacial score (nSPS) is 13.7. The molecule has 0 bridgehead atoms. The number of methoxy groups -OCH3 is 1. The smallest absolute Gasteiger partial charge is 0.328 e. The summed E-state index contributed by atoms with van der Waals surface area (Å²) < 4.78 is 4.80. The Labute approximate surface area is 430 Å². The van der Waals surface area contributed by atoms with Gasteiger partial charge in [-0.25, -0.2) is 4.79 Å². The molecule has 11 nitrogen and oxygen atoms in total. The number of aliphatic hydroxyl groups is 1. The summed E-state index contributed by atoms with van der Waals surface area (Å²) in [5.74, 6) is -3.45. The standard InChI is InChI=1S/C62H70N4O7/c1-44(2)56(59(71)64-46(4)60(72)73-5)66-58(70)54(40-42-62(50-33-19-9-20-34-50,51-35-21-10-22-36-51)52-37-23-11-24-38-52)65-57(69)45(3)63-55(68)43-53(67)39-25-12-26-41-61(47-27-13-6-14-28-47,48-29-15-7-16-30-48)49-31-17-8-18-32-49/h6-11,13-25,27-39,44-46,53-54,56,67H,12,26,40-43H2,1-5H3,(H,63,68)(H,64,71)(H,65,69)(H,66,70)/t45-,46-,53-,54-,56-/m1/s1. The molecule has 0 unspecified atom stereocenters. The van der Waals surface area contributed by atoms with Gasteiger partial charge in [-0.15, -0.1) is 0 Å². The molecular weight excluding hydrogens is 913 g/mol. The Balaban J connectivity index is 1.17. The highest BCUT2D eigenvalue weighted by atomic mass is 16.5. The molecule has 4 amide bonds. The topological polar surface area (TPSA) is 163 Å². The number of carbonyl (C=O) groups is 5. The summed E-state index contributed by atoms with van der Waals surface area (Å²) in [4.78, 5) is 68.0. The number of esters is 1. The number of hydrogen-bond acceptors (Lipinski definition) is 7. The first-order valence-electron chi connectivity index (χ1n) is 25.3. The van der Waals surface area contributed by atoms with Crippen molar-refractivity contribution < 1.29 is 33.8 Å². The zero-order valence-electron chi connectivity index (χ0n) is 42.6. The Morgan fingerprint density at radius 2 is 0.904 bits per heavy atom. The largest absolute Gasteiger partial charge is 0.467 e. The average molecular weight is 983 g/mol. The average Bonchev–Trinajstić information content (AvgIpc) is 3.42. The Hall–Kier alpha value is -7.63. The fourth-order valence-electron chi connectivity index (χ4n) is 9.82. The maximum Gasteiger partial charge on any atom is 0.328 e. The number of rotatable bonds is 25. The first-order chi connectivity index (χ1) is 35.3. The third kappa shape index (κ3) is 14.1. The molecule has 5 N–H and O–H groups in total. The number of carbonyl (C=O) groups excluding carboxylic acids is 5. The van der Waals surface area contributed by atoms with Gasteiger partial charge in [0.2, 0.25) is 23.6 Å². The number of amides is 4. The van der Waals surface area contributed by atoms with Gasteiger partial charge in [0.1, 0.15) is 24.2 Å². The summed E-state index contributed by atoms with van der Waals surface area (Å²) in [5, 5.41) is 22.1. The van der Waals surface area contributed by atoms with Gasteiger partial charge in [0.15, 0.2) is 0 Å². The number of aliphatic hydroxyl groups excluding tert-OH is 1.